The van der Waals surface area contributed by atoms with Crippen molar-refractivity contribution in [1.82, 2.24) is 14.7 Å². The van der Waals surface area contributed by atoms with E-state index >= 15 is 0 Å². The zero-order chi connectivity index (χ0) is 18.8. The molecule has 0 bridgehead atoms. The number of aryl methyl sites for hydroxylation is 1. The third-order valence-corrected chi connectivity index (χ3v) is 5.62. The molecule has 1 aromatic carbocycles. The van der Waals surface area contributed by atoms with Crippen molar-refractivity contribution in [2.75, 3.05) is 46.9 Å². The van der Waals surface area contributed by atoms with Crippen LogP contribution in [0.1, 0.15) is 23.6 Å². The summed E-state index contributed by atoms with van der Waals surface area (Å²) in [5.74, 6) is 0.709. The number of hydrogen-bond acceptors (Lipinski definition) is 4. The van der Waals surface area contributed by atoms with Crippen LogP contribution >= 0.6 is 0 Å². The molecule has 2 fully saturated rings. The second-order valence-electron chi connectivity index (χ2n) is 7.78. The molecule has 1 N–H and O–H groups in total. The number of hydrogen-bond donors (Lipinski definition) is 1. The summed E-state index contributed by atoms with van der Waals surface area (Å²) in [6.07, 6.45) is 0.178. The predicted molar refractivity (Wildman–Crippen MR) is 99.4 cm³/mol. The Morgan fingerprint density at radius 2 is 1.88 bits per heavy atom. The van der Waals surface area contributed by atoms with Gasteiger partial charge in [0.25, 0.3) is 0 Å². The molecule has 6 heteroatoms. The van der Waals surface area contributed by atoms with Gasteiger partial charge in [0, 0.05) is 37.9 Å². The normalized spacial score (nSPS) is 25.0. The van der Waals surface area contributed by atoms with Gasteiger partial charge in [-0.3, -0.25) is 9.59 Å². The number of likely N-dealkylation sites (N-methyl/N-ethyl adjacent to an activating group) is 1. The van der Waals surface area contributed by atoms with Crippen LogP contribution in [-0.4, -0.2) is 78.5 Å². The van der Waals surface area contributed by atoms with Gasteiger partial charge in [0.05, 0.1) is 19.2 Å². The molecule has 0 radical (unpaired) electrons. The van der Waals surface area contributed by atoms with Crippen LogP contribution in [0.15, 0.2) is 24.3 Å². The Labute approximate surface area is 155 Å². The van der Waals surface area contributed by atoms with Crippen LogP contribution in [0.5, 0.6) is 0 Å². The Kier molecular flexibility index (Phi) is 5.63. The molecule has 3 rings (SSSR count). The van der Waals surface area contributed by atoms with Crippen molar-refractivity contribution in [1.29, 1.82) is 0 Å². The van der Waals surface area contributed by atoms with Crippen LogP contribution in [-0.2, 0) is 9.59 Å². The lowest BCUT2D eigenvalue weighted by atomic mass is 9.87. The van der Waals surface area contributed by atoms with Crippen molar-refractivity contribution in [3.63, 3.8) is 0 Å². The topological polar surface area (TPSA) is 64.1 Å². The third-order valence-electron chi connectivity index (χ3n) is 5.62. The van der Waals surface area contributed by atoms with Crippen LogP contribution in [0.2, 0.25) is 0 Å². The number of aliphatic hydroxyl groups is 1. The number of fused-ring (bicyclic) bond motifs is 1. The molecule has 2 aliphatic heterocycles. The molecule has 0 saturated carbocycles. The summed E-state index contributed by atoms with van der Waals surface area (Å²) in [6, 6.07) is 8.24. The molecule has 6 nitrogen and oxygen atoms in total. The number of aliphatic hydroxyl groups excluding tert-OH is 1. The number of amides is 2. The smallest absolute Gasteiger partial charge is 0.237 e. The summed E-state index contributed by atoms with van der Waals surface area (Å²) in [4.78, 5) is 30.9. The Morgan fingerprint density at radius 1 is 1.15 bits per heavy atom. The number of rotatable bonds is 5. The van der Waals surface area contributed by atoms with E-state index in [9.17, 15) is 9.59 Å². The minimum atomic E-state index is -0.112. The van der Waals surface area contributed by atoms with Crippen molar-refractivity contribution in [2.24, 2.45) is 11.8 Å². The van der Waals surface area contributed by atoms with Crippen molar-refractivity contribution in [3.8, 4) is 0 Å². The van der Waals surface area contributed by atoms with Gasteiger partial charge in [0.1, 0.15) is 0 Å². The number of nitrogens with zero attached hydrogens (tertiary/aromatic N) is 3. The second kappa shape index (κ2) is 7.76. The van der Waals surface area contributed by atoms with Gasteiger partial charge in [0.2, 0.25) is 11.8 Å². The molecule has 142 valence electrons. The number of benzene rings is 1. The molecule has 2 aliphatic rings. The fourth-order valence-electron chi connectivity index (χ4n) is 4.44. The van der Waals surface area contributed by atoms with Gasteiger partial charge in [-0.25, -0.2) is 0 Å². The Hall–Kier alpha value is -1.92. The van der Waals surface area contributed by atoms with Crippen molar-refractivity contribution in [2.45, 2.75) is 19.4 Å². The Balaban J connectivity index is 1.87. The molecule has 0 unspecified atom stereocenters. The molecule has 26 heavy (non-hydrogen) atoms. The van der Waals surface area contributed by atoms with Gasteiger partial charge in [-0.05, 0) is 32.1 Å². The number of carbonyl (C=O) groups excluding carboxylic acids is 2. The Morgan fingerprint density at radius 3 is 2.54 bits per heavy atom. The van der Waals surface area contributed by atoms with Crippen LogP contribution in [0.3, 0.4) is 0 Å². The molecule has 1 aromatic rings. The van der Waals surface area contributed by atoms with E-state index in [2.05, 4.69) is 19.1 Å². The molecule has 2 saturated heterocycles. The zero-order valence-electron chi connectivity index (χ0n) is 15.9. The highest BCUT2D eigenvalue weighted by atomic mass is 16.3. The molecule has 0 spiro atoms. The maximum atomic E-state index is 12.9. The minimum Gasteiger partial charge on any atom is -0.396 e. The highest BCUT2D eigenvalue weighted by Crippen LogP contribution is 2.45. The lowest BCUT2D eigenvalue weighted by molar-refractivity contribution is -0.134. The molecule has 3 atom stereocenters. The highest BCUT2D eigenvalue weighted by molar-refractivity contribution is 5.80. The molecule has 2 heterocycles. The fraction of sp³-hybridized carbons (Fsp3) is 0.600. The van der Waals surface area contributed by atoms with Gasteiger partial charge < -0.3 is 19.8 Å². The van der Waals surface area contributed by atoms with Crippen molar-refractivity contribution < 1.29 is 14.7 Å². The van der Waals surface area contributed by atoms with Gasteiger partial charge in [-0.15, -0.1) is 0 Å². The quantitative estimate of drug-likeness (QED) is 0.848. The van der Waals surface area contributed by atoms with Crippen LogP contribution < -0.4 is 0 Å². The average molecular weight is 359 g/mol. The van der Waals surface area contributed by atoms with Crippen molar-refractivity contribution >= 4 is 11.8 Å². The first-order valence-corrected chi connectivity index (χ1v) is 9.30. The maximum Gasteiger partial charge on any atom is 0.237 e. The zero-order valence-corrected chi connectivity index (χ0v) is 15.9. The van der Waals surface area contributed by atoms with E-state index in [4.69, 9.17) is 5.11 Å². The summed E-state index contributed by atoms with van der Waals surface area (Å²) in [6.45, 7) is 4.40. The van der Waals surface area contributed by atoms with Crippen LogP contribution in [0.25, 0.3) is 0 Å². The minimum absolute atomic E-state index is 0.0107. The summed E-state index contributed by atoms with van der Waals surface area (Å²) in [7, 11) is 3.82. The molecular weight excluding hydrogens is 330 g/mol. The van der Waals surface area contributed by atoms with Gasteiger partial charge in [-0.1, -0.05) is 24.3 Å². The molecule has 0 aliphatic carbocycles. The average Bonchev–Trinajstić information content (AvgIpc) is 3.13. The SMILES string of the molecule is Cc1ccccc1[C@H]1[C@@H]2CN(C(=O)CCO)C[C@@H]2CN1C(=O)CN(C)C. The van der Waals surface area contributed by atoms with Crippen LogP contribution in [0.4, 0.5) is 0 Å². The van der Waals surface area contributed by atoms with Gasteiger partial charge in [0.15, 0.2) is 0 Å². The van der Waals surface area contributed by atoms with Gasteiger partial charge in [-0.2, -0.15) is 0 Å². The van der Waals surface area contributed by atoms with Crippen LogP contribution in [0, 0.1) is 18.8 Å². The standard InChI is InChI=1S/C20H29N3O3/c1-14-6-4-5-7-16(14)20-17-12-22(18(25)8-9-24)10-15(17)11-23(20)19(26)13-21(2)3/h4-7,15,17,20,24H,8-13H2,1-3H3/t15-,17-,20+/m1/s1. The lowest BCUT2D eigenvalue weighted by Gasteiger charge is -2.31. The number of carbonyl (C=O) groups is 2. The third kappa shape index (κ3) is 3.62. The Bertz CT molecular complexity index is 676. The first-order valence-electron chi connectivity index (χ1n) is 9.30. The molecular formula is C20H29N3O3. The molecule has 0 aromatic heterocycles. The fourth-order valence-corrected chi connectivity index (χ4v) is 4.44. The lowest BCUT2D eigenvalue weighted by Crippen LogP contribution is -2.41. The van der Waals surface area contributed by atoms with E-state index in [0.29, 0.717) is 32.1 Å². The highest BCUT2D eigenvalue weighted by Gasteiger charge is 2.50. The van der Waals surface area contributed by atoms with E-state index in [0.717, 1.165) is 0 Å². The van der Waals surface area contributed by atoms with Crippen molar-refractivity contribution in [3.05, 3.63) is 35.4 Å². The first-order chi connectivity index (χ1) is 12.4. The van der Waals surface area contributed by atoms with E-state index in [1.807, 2.05) is 40.9 Å². The van der Waals surface area contributed by atoms with E-state index in [-0.39, 0.29) is 36.8 Å². The maximum absolute atomic E-state index is 12.9. The molecule has 2 amide bonds. The summed E-state index contributed by atoms with van der Waals surface area (Å²) in [5, 5.41) is 9.06. The number of likely N-dealkylation sites (tertiary alicyclic amines) is 2. The predicted octanol–water partition coefficient (Wildman–Crippen LogP) is 0.897. The first kappa shape index (κ1) is 18.9. The van der Waals surface area contributed by atoms with E-state index < -0.39 is 0 Å². The monoisotopic (exact) mass is 359 g/mol. The summed E-state index contributed by atoms with van der Waals surface area (Å²) >= 11 is 0. The summed E-state index contributed by atoms with van der Waals surface area (Å²) < 4.78 is 0. The second-order valence-corrected chi connectivity index (χ2v) is 7.78. The van der Waals surface area contributed by atoms with Gasteiger partial charge >= 0.3 is 0 Å². The van der Waals surface area contributed by atoms with E-state index in [1.165, 1.54) is 11.1 Å². The largest absolute Gasteiger partial charge is 0.396 e. The van der Waals surface area contributed by atoms with E-state index in [1.54, 1.807) is 0 Å². The summed E-state index contributed by atoms with van der Waals surface area (Å²) in [5.41, 5.74) is 2.37.